The number of nitrogens with zero attached hydrogens (tertiary/aromatic N) is 3. The summed E-state index contributed by atoms with van der Waals surface area (Å²) >= 11 is 0. The van der Waals surface area contributed by atoms with Gasteiger partial charge in [0.2, 0.25) is 11.7 Å². The molecule has 2 aromatic heterocycles. The van der Waals surface area contributed by atoms with Crippen LogP contribution in [0.4, 0.5) is 4.79 Å². The maximum Gasteiger partial charge on any atom is 0.322 e. The summed E-state index contributed by atoms with van der Waals surface area (Å²) in [7, 11) is 0. The van der Waals surface area contributed by atoms with Crippen molar-refractivity contribution in [3.63, 3.8) is 0 Å². The molecule has 2 N–H and O–H groups in total. The van der Waals surface area contributed by atoms with Crippen molar-refractivity contribution in [3.8, 4) is 11.5 Å². The molecule has 28 heavy (non-hydrogen) atoms. The monoisotopic (exact) mass is 377 g/mol. The Bertz CT molecular complexity index is 1100. The van der Waals surface area contributed by atoms with Crippen molar-refractivity contribution in [2.24, 2.45) is 0 Å². The van der Waals surface area contributed by atoms with Crippen LogP contribution >= 0.6 is 0 Å². The molecule has 3 heterocycles. The van der Waals surface area contributed by atoms with Gasteiger partial charge in [0.15, 0.2) is 0 Å². The number of para-hydroxylation sites is 1. The third kappa shape index (κ3) is 2.64. The number of hydrogen-bond acceptors (Lipinski definition) is 6. The molecule has 1 saturated carbocycles. The molecule has 8 heteroatoms. The Labute approximate surface area is 160 Å². The summed E-state index contributed by atoms with van der Waals surface area (Å²) in [5.74, 6) is 0.856. The Morgan fingerprint density at radius 1 is 1.14 bits per heavy atom. The van der Waals surface area contributed by atoms with E-state index >= 15 is 0 Å². The fourth-order valence-corrected chi connectivity index (χ4v) is 4.21. The highest BCUT2D eigenvalue weighted by molar-refractivity contribution is 6.07. The molecule has 2 fully saturated rings. The summed E-state index contributed by atoms with van der Waals surface area (Å²) < 4.78 is 5.52. The average molecular weight is 377 g/mol. The van der Waals surface area contributed by atoms with Gasteiger partial charge in [0, 0.05) is 11.3 Å². The second-order valence-electron chi connectivity index (χ2n) is 7.56. The topological polar surface area (TPSA) is 110 Å². The zero-order chi connectivity index (χ0) is 19.3. The SMILES string of the molecule is Cc1cc(-c2noc(C3CCC4(CC3)NC(=O)NC4=O)n2)nc2ccccc12. The lowest BCUT2D eigenvalue weighted by molar-refractivity contribution is -0.125. The van der Waals surface area contributed by atoms with E-state index in [9.17, 15) is 9.59 Å². The lowest BCUT2D eigenvalue weighted by Gasteiger charge is -2.33. The minimum Gasteiger partial charge on any atom is -0.339 e. The van der Waals surface area contributed by atoms with Crippen LogP contribution in [0.3, 0.4) is 0 Å². The van der Waals surface area contributed by atoms with Crippen LogP contribution in [-0.2, 0) is 4.79 Å². The van der Waals surface area contributed by atoms with Gasteiger partial charge in [0.1, 0.15) is 11.2 Å². The van der Waals surface area contributed by atoms with E-state index in [1.165, 1.54) is 0 Å². The van der Waals surface area contributed by atoms with Crippen molar-refractivity contribution in [1.82, 2.24) is 25.8 Å². The van der Waals surface area contributed by atoms with Crippen molar-refractivity contribution in [2.45, 2.75) is 44.1 Å². The van der Waals surface area contributed by atoms with Gasteiger partial charge >= 0.3 is 6.03 Å². The second kappa shape index (κ2) is 6.12. The molecule has 3 aromatic rings. The standard InChI is InChI=1S/C20H19N5O3/c1-11-10-15(21-14-5-3-2-4-13(11)14)16-22-17(28-25-16)12-6-8-20(9-7-12)18(26)23-19(27)24-20/h2-5,10,12H,6-9H2,1H3,(H2,23,24,26,27). The van der Waals surface area contributed by atoms with E-state index in [4.69, 9.17) is 4.52 Å². The first-order chi connectivity index (χ1) is 13.5. The molecule has 0 atom stereocenters. The third-order valence-corrected chi connectivity index (χ3v) is 5.80. The molecule has 1 aliphatic carbocycles. The number of carbonyl (C=O) groups is 2. The molecule has 8 nitrogen and oxygen atoms in total. The number of aryl methyl sites for hydroxylation is 1. The average Bonchev–Trinajstić information content (AvgIpc) is 3.28. The number of nitrogens with one attached hydrogen (secondary N) is 2. The predicted molar refractivity (Wildman–Crippen MR) is 100 cm³/mol. The number of rotatable bonds is 2. The fourth-order valence-electron chi connectivity index (χ4n) is 4.21. The van der Waals surface area contributed by atoms with Crippen molar-refractivity contribution in [3.05, 3.63) is 41.8 Å². The number of pyridine rings is 1. The summed E-state index contributed by atoms with van der Waals surface area (Å²) in [4.78, 5) is 32.8. The quantitative estimate of drug-likeness (QED) is 0.665. The summed E-state index contributed by atoms with van der Waals surface area (Å²) in [6.45, 7) is 2.04. The van der Waals surface area contributed by atoms with Gasteiger partial charge in [-0.15, -0.1) is 0 Å². The third-order valence-electron chi connectivity index (χ3n) is 5.80. The van der Waals surface area contributed by atoms with E-state index in [0.717, 1.165) is 16.5 Å². The van der Waals surface area contributed by atoms with Crippen LogP contribution in [0.2, 0.25) is 0 Å². The smallest absolute Gasteiger partial charge is 0.322 e. The minimum atomic E-state index is -0.784. The maximum atomic E-state index is 12.1. The zero-order valence-corrected chi connectivity index (χ0v) is 15.4. The number of amides is 3. The molecule has 3 amide bonds. The van der Waals surface area contributed by atoms with Gasteiger partial charge in [0.25, 0.3) is 5.91 Å². The number of urea groups is 1. The summed E-state index contributed by atoms with van der Waals surface area (Å²) in [5, 5.41) is 10.3. The van der Waals surface area contributed by atoms with Gasteiger partial charge in [-0.25, -0.2) is 9.78 Å². The Hall–Kier alpha value is -3.29. The van der Waals surface area contributed by atoms with Crippen molar-refractivity contribution in [2.75, 3.05) is 0 Å². The van der Waals surface area contributed by atoms with Crippen molar-refractivity contribution < 1.29 is 14.1 Å². The summed E-state index contributed by atoms with van der Waals surface area (Å²) in [6, 6.07) is 9.50. The van der Waals surface area contributed by atoms with Gasteiger partial charge in [-0.2, -0.15) is 4.98 Å². The highest BCUT2D eigenvalue weighted by Crippen LogP contribution is 2.39. The van der Waals surface area contributed by atoms with Crippen LogP contribution in [0, 0.1) is 6.92 Å². The Kier molecular flexibility index (Phi) is 3.68. The Morgan fingerprint density at radius 2 is 1.93 bits per heavy atom. The van der Waals surface area contributed by atoms with Gasteiger partial charge < -0.3 is 9.84 Å². The van der Waals surface area contributed by atoms with Crippen LogP contribution in [0.1, 0.15) is 43.1 Å². The normalized spacial score (nSPS) is 24.5. The summed E-state index contributed by atoms with van der Waals surface area (Å²) in [6.07, 6.45) is 2.50. The molecule has 1 aromatic carbocycles. The first-order valence-corrected chi connectivity index (χ1v) is 9.38. The van der Waals surface area contributed by atoms with Gasteiger partial charge in [-0.3, -0.25) is 10.1 Å². The highest BCUT2D eigenvalue weighted by Gasteiger charge is 2.48. The zero-order valence-electron chi connectivity index (χ0n) is 15.4. The number of carbonyl (C=O) groups excluding carboxylic acids is 2. The van der Waals surface area contributed by atoms with E-state index < -0.39 is 11.6 Å². The first kappa shape index (κ1) is 16.9. The van der Waals surface area contributed by atoms with Crippen molar-refractivity contribution >= 4 is 22.8 Å². The molecule has 5 rings (SSSR count). The molecule has 2 aliphatic rings. The number of aromatic nitrogens is 3. The van der Waals surface area contributed by atoms with Gasteiger partial charge in [-0.05, 0) is 50.3 Å². The van der Waals surface area contributed by atoms with Gasteiger partial charge in [-0.1, -0.05) is 23.4 Å². The Morgan fingerprint density at radius 3 is 2.68 bits per heavy atom. The van der Waals surface area contributed by atoms with Crippen LogP contribution in [0.15, 0.2) is 34.9 Å². The molecule has 0 radical (unpaired) electrons. The molecule has 1 spiro atoms. The van der Waals surface area contributed by atoms with Crippen molar-refractivity contribution in [1.29, 1.82) is 0 Å². The van der Waals surface area contributed by atoms with E-state index in [0.29, 0.717) is 43.1 Å². The molecule has 1 aliphatic heterocycles. The van der Waals surface area contributed by atoms with E-state index in [2.05, 4.69) is 25.8 Å². The predicted octanol–water partition coefficient (Wildman–Crippen LogP) is 2.83. The fraction of sp³-hybridized carbons (Fsp3) is 0.350. The van der Waals surface area contributed by atoms with Crippen LogP contribution in [0.5, 0.6) is 0 Å². The summed E-state index contributed by atoms with van der Waals surface area (Å²) in [5.41, 5.74) is 1.90. The first-order valence-electron chi connectivity index (χ1n) is 9.38. The van der Waals surface area contributed by atoms with E-state index in [1.54, 1.807) is 0 Å². The van der Waals surface area contributed by atoms with E-state index in [-0.39, 0.29) is 11.8 Å². The lowest BCUT2D eigenvalue weighted by Crippen LogP contribution is -2.49. The van der Waals surface area contributed by atoms with E-state index in [1.807, 2.05) is 37.3 Å². The molecule has 142 valence electrons. The van der Waals surface area contributed by atoms with Crippen LogP contribution in [0.25, 0.3) is 22.4 Å². The molecular formula is C20H19N5O3. The minimum absolute atomic E-state index is 0.0683. The second-order valence-corrected chi connectivity index (χ2v) is 7.56. The number of imide groups is 1. The number of hydrogen-bond donors (Lipinski definition) is 2. The number of fused-ring (bicyclic) bond motifs is 1. The Balaban J connectivity index is 1.37. The molecule has 0 bridgehead atoms. The number of benzene rings is 1. The molecule has 0 unspecified atom stereocenters. The highest BCUT2D eigenvalue weighted by atomic mass is 16.5. The lowest BCUT2D eigenvalue weighted by atomic mass is 9.76. The largest absolute Gasteiger partial charge is 0.339 e. The van der Waals surface area contributed by atoms with Gasteiger partial charge in [0.05, 0.1) is 5.52 Å². The maximum absolute atomic E-state index is 12.1. The molecular weight excluding hydrogens is 358 g/mol. The van der Waals surface area contributed by atoms with Crippen LogP contribution in [-0.4, -0.2) is 32.6 Å². The van der Waals surface area contributed by atoms with Crippen LogP contribution < -0.4 is 10.6 Å². The molecule has 1 saturated heterocycles.